The first-order chi connectivity index (χ1) is 10.6. The van der Waals surface area contributed by atoms with Crippen molar-refractivity contribution in [2.45, 2.75) is 44.8 Å². The molecule has 0 aromatic heterocycles. The maximum absolute atomic E-state index is 10.7. The first-order valence-corrected chi connectivity index (χ1v) is 8.01. The summed E-state index contributed by atoms with van der Waals surface area (Å²) < 4.78 is 0. The molecule has 0 bridgehead atoms. The fraction of sp³-hybridized carbons (Fsp3) is 0.625. The third-order valence-electron chi connectivity index (χ3n) is 4.18. The van der Waals surface area contributed by atoms with E-state index in [0.717, 1.165) is 44.5 Å². The lowest BCUT2D eigenvalue weighted by Gasteiger charge is -2.34. The Hall–Kier alpha value is -1.66. The van der Waals surface area contributed by atoms with Crippen molar-refractivity contribution in [3.8, 4) is 0 Å². The first-order valence-electron chi connectivity index (χ1n) is 8.01. The number of rotatable bonds is 7. The van der Waals surface area contributed by atoms with Crippen molar-refractivity contribution in [1.82, 2.24) is 5.32 Å². The van der Waals surface area contributed by atoms with Crippen LogP contribution in [0, 0.1) is 10.1 Å². The highest BCUT2D eigenvalue weighted by atomic mass is 16.6. The van der Waals surface area contributed by atoms with Crippen LogP contribution >= 0.6 is 0 Å². The standard InChI is InChI=1S/C16H25N3O3/c1-2-3-16(20)12-17-13-8-10-18(11-9-13)14-4-6-15(7-5-14)19(21)22/h4-7,13,16-17,20H,2-3,8-12H2,1H3. The molecule has 1 fully saturated rings. The number of anilines is 1. The Morgan fingerprint density at radius 1 is 1.36 bits per heavy atom. The third-order valence-corrected chi connectivity index (χ3v) is 4.18. The molecule has 1 atom stereocenters. The van der Waals surface area contributed by atoms with Crippen LogP contribution in [-0.4, -0.2) is 41.8 Å². The van der Waals surface area contributed by atoms with E-state index in [9.17, 15) is 15.2 Å². The van der Waals surface area contributed by atoms with Gasteiger partial charge >= 0.3 is 0 Å². The van der Waals surface area contributed by atoms with Gasteiger partial charge in [0.25, 0.3) is 5.69 Å². The summed E-state index contributed by atoms with van der Waals surface area (Å²) in [7, 11) is 0. The molecule has 1 saturated heterocycles. The summed E-state index contributed by atoms with van der Waals surface area (Å²) in [5.41, 5.74) is 1.17. The molecule has 0 saturated carbocycles. The van der Waals surface area contributed by atoms with E-state index in [2.05, 4.69) is 17.1 Å². The van der Waals surface area contributed by atoms with Gasteiger partial charge in [-0.1, -0.05) is 13.3 Å². The van der Waals surface area contributed by atoms with E-state index in [1.165, 1.54) is 0 Å². The zero-order valence-electron chi connectivity index (χ0n) is 13.1. The molecule has 1 aromatic carbocycles. The molecule has 1 unspecified atom stereocenters. The van der Waals surface area contributed by atoms with Crippen LogP contribution in [0.25, 0.3) is 0 Å². The second-order valence-corrected chi connectivity index (χ2v) is 5.89. The highest BCUT2D eigenvalue weighted by Gasteiger charge is 2.20. The number of benzene rings is 1. The fourth-order valence-electron chi connectivity index (χ4n) is 2.86. The number of nitrogens with one attached hydrogen (secondary N) is 1. The van der Waals surface area contributed by atoms with E-state index in [1.54, 1.807) is 12.1 Å². The second-order valence-electron chi connectivity index (χ2n) is 5.89. The van der Waals surface area contributed by atoms with Crippen LogP contribution in [0.5, 0.6) is 0 Å². The molecule has 122 valence electrons. The lowest BCUT2D eigenvalue weighted by atomic mass is 10.0. The molecule has 0 spiro atoms. The van der Waals surface area contributed by atoms with Gasteiger partial charge in [0.2, 0.25) is 0 Å². The minimum Gasteiger partial charge on any atom is -0.392 e. The molecule has 2 rings (SSSR count). The summed E-state index contributed by atoms with van der Waals surface area (Å²) in [6.07, 6.45) is 3.64. The molecule has 22 heavy (non-hydrogen) atoms. The van der Waals surface area contributed by atoms with E-state index < -0.39 is 0 Å². The Morgan fingerprint density at radius 2 is 2.00 bits per heavy atom. The number of nitro groups is 1. The minimum atomic E-state index is -0.373. The molecule has 1 aromatic rings. The number of hydrogen-bond acceptors (Lipinski definition) is 5. The quantitative estimate of drug-likeness (QED) is 0.597. The summed E-state index contributed by atoms with van der Waals surface area (Å²) in [5.74, 6) is 0. The minimum absolute atomic E-state index is 0.130. The Kier molecular flexibility index (Phi) is 6.15. The summed E-state index contributed by atoms with van der Waals surface area (Å²) in [5, 5.41) is 23.9. The van der Waals surface area contributed by atoms with Gasteiger partial charge in [-0.3, -0.25) is 10.1 Å². The molecule has 1 aliphatic heterocycles. The monoisotopic (exact) mass is 307 g/mol. The van der Waals surface area contributed by atoms with Crippen LogP contribution in [0.3, 0.4) is 0 Å². The molecule has 1 aliphatic rings. The number of nitrogens with zero attached hydrogens (tertiary/aromatic N) is 2. The van der Waals surface area contributed by atoms with Crippen LogP contribution < -0.4 is 10.2 Å². The summed E-state index contributed by atoms with van der Waals surface area (Å²) in [4.78, 5) is 12.5. The van der Waals surface area contributed by atoms with Crippen molar-refractivity contribution < 1.29 is 10.0 Å². The zero-order chi connectivity index (χ0) is 15.9. The van der Waals surface area contributed by atoms with Crippen LogP contribution in [0.4, 0.5) is 11.4 Å². The van der Waals surface area contributed by atoms with Gasteiger partial charge in [0.15, 0.2) is 0 Å². The van der Waals surface area contributed by atoms with Crippen molar-refractivity contribution in [3.05, 3.63) is 34.4 Å². The van der Waals surface area contributed by atoms with Crippen LogP contribution in [0.2, 0.25) is 0 Å². The maximum Gasteiger partial charge on any atom is 0.269 e. The maximum atomic E-state index is 10.7. The number of piperidine rings is 1. The molecule has 6 heteroatoms. The number of nitro benzene ring substituents is 1. The molecule has 0 radical (unpaired) electrons. The largest absolute Gasteiger partial charge is 0.392 e. The predicted octanol–water partition coefficient (Wildman–Crippen LogP) is 2.31. The molecular formula is C16H25N3O3. The van der Waals surface area contributed by atoms with Crippen molar-refractivity contribution in [2.24, 2.45) is 0 Å². The molecule has 6 nitrogen and oxygen atoms in total. The van der Waals surface area contributed by atoms with Gasteiger partial charge in [0.1, 0.15) is 0 Å². The third kappa shape index (κ3) is 4.68. The van der Waals surface area contributed by atoms with E-state index >= 15 is 0 Å². The summed E-state index contributed by atoms with van der Waals surface area (Å²) in [6, 6.07) is 7.19. The molecule has 0 aliphatic carbocycles. The van der Waals surface area contributed by atoms with E-state index in [-0.39, 0.29) is 16.7 Å². The van der Waals surface area contributed by atoms with Crippen LogP contribution in [0.1, 0.15) is 32.6 Å². The predicted molar refractivity (Wildman–Crippen MR) is 87.2 cm³/mol. The molecule has 2 N–H and O–H groups in total. The Bertz CT molecular complexity index is 470. The van der Waals surface area contributed by atoms with Crippen molar-refractivity contribution >= 4 is 11.4 Å². The highest BCUT2D eigenvalue weighted by molar-refractivity contribution is 5.51. The normalized spacial score (nSPS) is 17.5. The van der Waals surface area contributed by atoms with Crippen molar-refractivity contribution in [3.63, 3.8) is 0 Å². The van der Waals surface area contributed by atoms with E-state index in [4.69, 9.17) is 0 Å². The lowest BCUT2D eigenvalue weighted by Crippen LogP contribution is -2.44. The first kappa shape index (κ1) is 16.7. The van der Waals surface area contributed by atoms with Crippen molar-refractivity contribution in [1.29, 1.82) is 0 Å². The van der Waals surface area contributed by atoms with Gasteiger partial charge < -0.3 is 15.3 Å². The number of non-ortho nitro benzene ring substituents is 1. The average Bonchev–Trinajstić information content (AvgIpc) is 2.54. The lowest BCUT2D eigenvalue weighted by molar-refractivity contribution is -0.384. The Balaban J connectivity index is 1.78. The molecule has 0 amide bonds. The van der Waals surface area contributed by atoms with Crippen LogP contribution in [-0.2, 0) is 0 Å². The van der Waals surface area contributed by atoms with Gasteiger partial charge in [-0.15, -0.1) is 0 Å². The van der Waals surface area contributed by atoms with Crippen molar-refractivity contribution in [2.75, 3.05) is 24.5 Å². The van der Waals surface area contributed by atoms with Gasteiger partial charge in [0, 0.05) is 43.5 Å². The topological polar surface area (TPSA) is 78.6 Å². The smallest absolute Gasteiger partial charge is 0.269 e. The summed E-state index contributed by atoms with van der Waals surface area (Å²) >= 11 is 0. The second kappa shape index (κ2) is 8.10. The van der Waals surface area contributed by atoms with E-state index in [1.807, 2.05) is 12.1 Å². The average molecular weight is 307 g/mol. The molecule has 1 heterocycles. The number of hydrogen-bond donors (Lipinski definition) is 2. The van der Waals surface area contributed by atoms with Gasteiger partial charge in [-0.25, -0.2) is 0 Å². The molecular weight excluding hydrogens is 282 g/mol. The van der Waals surface area contributed by atoms with Gasteiger partial charge in [0.05, 0.1) is 11.0 Å². The van der Waals surface area contributed by atoms with Gasteiger partial charge in [-0.05, 0) is 31.4 Å². The zero-order valence-corrected chi connectivity index (χ0v) is 13.1. The van der Waals surface area contributed by atoms with Gasteiger partial charge in [-0.2, -0.15) is 0 Å². The SMILES string of the molecule is CCCC(O)CNC1CCN(c2ccc([N+](=O)[O-])cc2)CC1. The number of aliphatic hydroxyl groups is 1. The summed E-state index contributed by atoms with van der Waals surface area (Å²) in [6.45, 7) is 4.60. The van der Waals surface area contributed by atoms with E-state index in [0.29, 0.717) is 12.6 Å². The van der Waals surface area contributed by atoms with Crippen LogP contribution in [0.15, 0.2) is 24.3 Å². The highest BCUT2D eigenvalue weighted by Crippen LogP contribution is 2.22. The fourth-order valence-corrected chi connectivity index (χ4v) is 2.86. The Morgan fingerprint density at radius 3 is 2.55 bits per heavy atom. The number of aliphatic hydroxyl groups excluding tert-OH is 1. The Labute approximate surface area is 131 Å².